The molecule has 1 amide bonds. The Morgan fingerprint density at radius 3 is 2.30 bits per heavy atom. The quantitative estimate of drug-likeness (QED) is 0.651. The van der Waals surface area contributed by atoms with Gasteiger partial charge in [0.2, 0.25) is 0 Å². The van der Waals surface area contributed by atoms with Crippen molar-refractivity contribution in [2.75, 3.05) is 25.6 Å². The number of nitrogens with zero attached hydrogens (tertiary/aromatic N) is 2. The van der Waals surface area contributed by atoms with E-state index in [1.807, 2.05) is 19.1 Å². The van der Waals surface area contributed by atoms with Crippen molar-refractivity contribution >= 4 is 11.9 Å². The van der Waals surface area contributed by atoms with Crippen molar-refractivity contribution in [1.29, 1.82) is 0 Å². The second kappa shape index (κ2) is 8.70. The minimum atomic E-state index is -0.398. The molecule has 0 aliphatic rings. The maximum absolute atomic E-state index is 12.0. The Bertz CT molecular complexity index is 875. The Labute approximate surface area is 156 Å². The summed E-state index contributed by atoms with van der Waals surface area (Å²) in [5.74, 6) is 1.98. The number of carbonyl (C=O) groups excluding carboxylic acids is 1. The highest BCUT2D eigenvalue weighted by molar-refractivity contribution is 5.90. The molecule has 8 nitrogen and oxygen atoms in total. The van der Waals surface area contributed by atoms with E-state index in [0.717, 1.165) is 11.3 Å². The molecule has 1 aromatic heterocycles. The van der Waals surface area contributed by atoms with E-state index in [9.17, 15) is 4.79 Å². The normalized spacial score (nSPS) is 10.3. The van der Waals surface area contributed by atoms with Crippen LogP contribution in [0.3, 0.4) is 0 Å². The largest absolute Gasteiger partial charge is 0.497 e. The third kappa shape index (κ3) is 4.97. The molecule has 0 radical (unpaired) electrons. The zero-order chi connectivity index (χ0) is 19.1. The molecule has 3 rings (SSSR count). The summed E-state index contributed by atoms with van der Waals surface area (Å²) in [5, 5.41) is 6.27. The minimum absolute atomic E-state index is 0.0715. The summed E-state index contributed by atoms with van der Waals surface area (Å²) in [5.41, 5.74) is 0.723. The molecule has 0 atom stereocenters. The Morgan fingerprint density at radius 2 is 1.63 bits per heavy atom. The lowest BCUT2D eigenvalue weighted by Crippen LogP contribution is -2.20. The van der Waals surface area contributed by atoms with E-state index in [0.29, 0.717) is 24.0 Å². The number of hydrogen-bond acceptors (Lipinski definition) is 7. The molecule has 3 aromatic rings. The van der Waals surface area contributed by atoms with Gasteiger partial charge in [-0.15, -0.1) is 0 Å². The zero-order valence-corrected chi connectivity index (χ0v) is 15.0. The van der Waals surface area contributed by atoms with Crippen LogP contribution in [0.2, 0.25) is 0 Å². The predicted octanol–water partition coefficient (Wildman–Crippen LogP) is 3.16. The molecule has 0 saturated carbocycles. The van der Waals surface area contributed by atoms with Gasteiger partial charge in [-0.05, 0) is 60.6 Å². The van der Waals surface area contributed by atoms with Crippen LogP contribution >= 0.6 is 0 Å². The summed E-state index contributed by atoms with van der Waals surface area (Å²) >= 11 is 0. The maximum atomic E-state index is 12.0. The molecule has 0 bridgehead atoms. The Hall–Kier alpha value is -3.55. The summed E-state index contributed by atoms with van der Waals surface area (Å²) in [6, 6.07) is 14.1. The molecule has 0 spiro atoms. The Kier molecular flexibility index (Phi) is 5.88. The molecular weight excluding hydrogens is 350 g/mol. The lowest BCUT2D eigenvalue weighted by Gasteiger charge is -2.06. The van der Waals surface area contributed by atoms with Gasteiger partial charge in [0.1, 0.15) is 17.2 Å². The fourth-order valence-electron chi connectivity index (χ4n) is 2.23. The second-order valence-electron chi connectivity index (χ2n) is 5.39. The van der Waals surface area contributed by atoms with Gasteiger partial charge in [-0.2, -0.15) is 4.98 Å². The van der Waals surface area contributed by atoms with Crippen molar-refractivity contribution in [2.45, 2.75) is 6.92 Å². The average molecular weight is 369 g/mol. The van der Waals surface area contributed by atoms with Crippen molar-refractivity contribution in [2.24, 2.45) is 0 Å². The van der Waals surface area contributed by atoms with Crippen LogP contribution in [-0.2, 0) is 4.79 Å². The molecule has 0 unspecified atom stereocenters. The van der Waals surface area contributed by atoms with E-state index < -0.39 is 5.91 Å². The van der Waals surface area contributed by atoms with Gasteiger partial charge in [-0.1, -0.05) is 0 Å². The summed E-state index contributed by atoms with van der Waals surface area (Å²) in [4.78, 5) is 16.1. The van der Waals surface area contributed by atoms with Gasteiger partial charge in [0.15, 0.2) is 6.61 Å². The van der Waals surface area contributed by atoms with E-state index in [-0.39, 0.29) is 12.6 Å². The molecule has 1 heterocycles. The standard InChI is InChI=1S/C19H19N3O5/c1-3-25-15-6-4-13(5-7-15)18-21-19(22-27-18)20-17(23)12-26-16-10-8-14(24-2)9-11-16/h4-11H,3,12H2,1-2H3,(H,20,22,23). The molecule has 140 valence electrons. The topological polar surface area (TPSA) is 95.7 Å². The highest BCUT2D eigenvalue weighted by Crippen LogP contribution is 2.22. The van der Waals surface area contributed by atoms with Gasteiger partial charge in [0.05, 0.1) is 13.7 Å². The smallest absolute Gasteiger partial charge is 0.270 e. The van der Waals surface area contributed by atoms with Crippen LogP contribution in [-0.4, -0.2) is 36.4 Å². The van der Waals surface area contributed by atoms with Crippen LogP contribution in [0, 0.1) is 0 Å². The van der Waals surface area contributed by atoms with E-state index >= 15 is 0 Å². The Balaban J connectivity index is 1.54. The Morgan fingerprint density at radius 1 is 1.00 bits per heavy atom. The molecule has 0 aliphatic carbocycles. The van der Waals surface area contributed by atoms with Crippen LogP contribution in [0.4, 0.5) is 5.95 Å². The van der Waals surface area contributed by atoms with E-state index in [1.165, 1.54) is 0 Å². The first-order valence-corrected chi connectivity index (χ1v) is 8.31. The molecule has 8 heteroatoms. The number of nitrogens with one attached hydrogen (secondary N) is 1. The van der Waals surface area contributed by atoms with Gasteiger partial charge in [0.25, 0.3) is 17.7 Å². The lowest BCUT2D eigenvalue weighted by molar-refractivity contribution is -0.118. The van der Waals surface area contributed by atoms with Crippen LogP contribution in [0.5, 0.6) is 17.2 Å². The second-order valence-corrected chi connectivity index (χ2v) is 5.39. The highest BCUT2D eigenvalue weighted by Gasteiger charge is 2.12. The molecule has 0 fully saturated rings. The first-order valence-electron chi connectivity index (χ1n) is 8.31. The molecule has 1 N–H and O–H groups in total. The highest BCUT2D eigenvalue weighted by atomic mass is 16.5. The average Bonchev–Trinajstić information content (AvgIpc) is 3.16. The zero-order valence-electron chi connectivity index (χ0n) is 15.0. The fraction of sp³-hybridized carbons (Fsp3) is 0.211. The van der Waals surface area contributed by atoms with Gasteiger partial charge < -0.3 is 18.7 Å². The number of methoxy groups -OCH3 is 1. The number of hydrogen-bond donors (Lipinski definition) is 1. The van der Waals surface area contributed by atoms with Gasteiger partial charge >= 0.3 is 0 Å². The van der Waals surface area contributed by atoms with Crippen molar-refractivity contribution < 1.29 is 23.5 Å². The number of carbonyl (C=O) groups is 1. The first-order chi connectivity index (χ1) is 13.2. The van der Waals surface area contributed by atoms with Crippen molar-refractivity contribution in [3.63, 3.8) is 0 Å². The predicted molar refractivity (Wildman–Crippen MR) is 98.0 cm³/mol. The van der Waals surface area contributed by atoms with E-state index in [2.05, 4.69) is 15.5 Å². The first kappa shape index (κ1) is 18.2. The van der Waals surface area contributed by atoms with Crippen LogP contribution in [0.25, 0.3) is 11.5 Å². The SMILES string of the molecule is CCOc1ccc(-c2nc(NC(=O)COc3ccc(OC)cc3)no2)cc1. The van der Waals surface area contributed by atoms with Crippen LogP contribution in [0.1, 0.15) is 6.92 Å². The van der Waals surface area contributed by atoms with Crippen molar-refractivity contribution in [1.82, 2.24) is 10.1 Å². The van der Waals surface area contributed by atoms with Crippen molar-refractivity contribution in [3.8, 4) is 28.7 Å². The monoisotopic (exact) mass is 369 g/mol. The van der Waals surface area contributed by atoms with E-state index in [4.69, 9.17) is 18.7 Å². The molecule has 2 aromatic carbocycles. The van der Waals surface area contributed by atoms with Gasteiger partial charge in [-0.25, -0.2) is 0 Å². The van der Waals surface area contributed by atoms with Crippen molar-refractivity contribution in [3.05, 3.63) is 48.5 Å². The van der Waals surface area contributed by atoms with Gasteiger partial charge in [0, 0.05) is 5.56 Å². The third-order valence-electron chi connectivity index (χ3n) is 3.52. The minimum Gasteiger partial charge on any atom is -0.497 e. The van der Waals surface area contributed by atoms with Crippen LogP contribution in [0.15, 0.2) is 53.1 Å². The summed E-state index contributed by atoms with van der Waals surface area (Å²) < 4.78 is 21.0. The summed E-state index contributed by atoms with van der Waals surface area (Å²) in [7, 11) is 1.58. The number of ether oxygens (including phenoxy) is 3. The summed E-state index contributed by atoms with van der Waals surface area (Å²) in [6.45, 7) is 2.33. The van der Waals surface area contributed by atoms with E-state index in [1.54, 1.807) is 43.5 Å². The number of benzene rings is 2. The third-order valence-corrected chi connectivity index (χ3v) is 3.52. The number of amides is 1. The molecule has 0 aliphatic heterocycles. The molecule has 27 heavy (non-hydrogen) atoms. The number of aromatic nitrogens is 2. The number of rotatable bonds is 8. The van der Waals surface area contributed by atoms with Gasteiger partial charge in [-0.3, -0.25) is 10.1 Å². The fourth-order valence-corrected chi connectivity index (χ4v) is 2.23. The lowest BCUT2D eigenvalue weighted by atomic mass is 10.2. The molecular formula is C19H19N3O5. The number of anilines is 1. The summed E-state index contributed by atoms with van der Waals surface area (Å²) in [6.07, 6.45) is 0. The molecule has 0 saturated heterocycles. The van der Waals surface area contributed by atoms with Crippen LogP contribution < -0.4 is 19.5 Å². The maximum Gasteiger partial charge on any atom is 0.270 e.